The van der Waals surface area contributed by atoms with E-state index in [9.17, 15) is 13.6 Å². The maximum absolute atomic E-state index is 14.7. The van der Waals surface area contributed by atoms with Gasteiger partial charge >= 0.3 is 12.1 Å². The van der Waals surface area contributed by atoms with E-state index in [4.69, 9.17) is 18.6 Å². The minimum absolute atomic E-state index is 0.0151. The molecular formula is C26H26F2N4O5. The van der Waals surface area contributed by atoms with Crippen molar-refractivity contribution in [1.82, 2.24) is 20.3 Å². The predicted octanol–water partition coefficient (Wildman–Crippen LogP) is 5.43. The van der Waals surface area contributed by atoms with Crippen molar-refractivity contribution in [3.8, 4) is 23.2 Å². The minimum Gasteiger partial charge on any atom is -0.483 e. The molecule has 0 fully saturated rings. The molecule has 1 atom stereocenters. The van der Waals surface area contributed by atoms with Crippen molar-refractivity contribution in [1.29, 1.82) is 0 Å². The van der Waals surface area contributed by atoms with Crippen LogP contribution in [0.5, 0.6) is 11.8 Å². The number of oxazole rings is 1. The van der Waals surface area contributed by atoms with Crippen LogP contribution < -0.4 is 14.8 Å². The average molecular weight is 513 g/mol. The van der Waals surface area contributed by atoms with Crippen molar-refractivity contribution in [2.75, 3.05) is 6.61 Å². The molecule has 37 heavy (non-hydrogen) atoms. The number of aromatic nitrogens is 3. The maximum Gasteiger partial charge on any atom is 0.407 e. The van der Waals surface area contributed by atoms with E-state index in [1.54, 1.807) is 39.8 Å². The first kappa shape index (κ1) is 25.8. The van der Waals surface area contributed by atoms with Gasteiger partial charge in [0.2, 0.25) is 5.89 Å². The predicted molar refractivity (Wildman–Crippen MR) is 130 cm³/mol. The van der Waals surface area contributed by atoms with Gasteiger partial charge in [-0.2, -0.15) is 4.98 Å². The largest absolute Gasteiger partial charge is 0.483 e. The molecule has 0 aliphatic heterocycles. The number of benzene rings is 2. The lowest BCUT2D eigenvalue weighted by atomic mass is 10.2. The number of fused-ring (bicyclic) bond motifs is 1. The third kappa shape index (κ3) is 6.90. The van der Waals surface area contributed by atoms with E-state index >= 15 is 0 Å². The molecule has 4 rings (SSSR count). The third-order valence-corrected chi connectivity index (χ3v) is 4.83. The molecule has 0 saturated carbocycles. The Morgan fingerprint density at radius 2 is 1.78 bits per heavy atom. The summed E-state index contributed by atoms with van der Waals surface area (Å²) in [4.78, 5) is 24.3. The normalized spacial score (nSPS) is 12.3. The van der Waals surface area contributed by atoms with Gasteiger partial charge in [0, 0.05) is 5.56 Å². The Morgan fingerprint density at radius 1 is 1.08 bits per heavy atom. The van der Waals surface area contributed by atoms with E-state index in [1.807, 2.05) is 18.2 Å². The molecule has 2 heterocycles. The van der Waals surface area contributed by atoms with E-state index < -0.39 is 35.1 Å². The number of ether oxygens (including phenoxy) is 3. The molecule has 1 amide bonds. The summed E-state index contributed by atoms with van der Waals surface area (Å²) in [5, 5.41) is 2.64. The Kier molecular flexibility index (Phi) is 7.51. The molecule has 2 aromatic heterocycles. The Labute approximate surface area is 211 Å². The van der Waals surface area contributed by atoms with Crippen LogP contribution in [0.15, 0.2) is 53.1 Å². The van der Waals surface area contributed by atoms with Crippen molar-refractivity contribution < 1.29 is 32.2 Å². The lowest BCUT2D eigenvalue weighted by Crippen LogP contribution is -2.40. The van der Waals surface area contributed by atoms with Crippen LogP contribution in [0.25, 0.3) is 22.7 Å². The number of nitrogens with zero attached hydrogens (tertiary/aromatic N) is 3. The molecule has 0 aliphatic rings. The average Bonchev–Trinajstić information content (AvgIpc) is 3.25. The van der Waals surface area contributed by atoms with Crippen LogP contribution >= 0.6 is 0 Å². The highest BCUT2D eigenvalue weighted by Gasteiger charge is 2.20. The van der Waals surface area contributed by atoms with E-state index in [-0.39, 0.29) is 41.9 Å². The van der Waals surface area contributed by atoms with Crippen molar-refractivity contribution in [3.05, 3.63) is 65.9 Å². The van der Waals surface area contributed by atoms with Crippen molar-refractivity contribution in [3.63, 3.8) is 0 Å². The summed E-state index contributed by atoms with van der Waals surface area (Å²) < 4.78 is 51.0. The summed E-state index contributed by atoms with van der Waals surface area (Å²) in [5.74, 6) is -2.33. The van der Waals surface area contributed by atoms with Gasteiger partial charge in [-0.05, 0) is 45.4 Å². The van der Waals surface area contributed by atoms with Crippen LogP contribution in [0.2, 0.25) is 0 Å². The summed E-state index contributed by atoms with van der Waals surface area (Å²) in [5.41, 5.74) is 0.559. The fourth-order valence-electron chi connectivity index (χ4n) is 3.21. The number of hydrogen-bond donors (Lipinski definition) is 1. The van der Waals surface area contributed by atoms with Crippen LogP contribution in [0, 0.1) is 11.6 Å². The summed E-state index contributed by atoms with van der Waals surface area (Å²) in [6.07, 6.45) is 0.788. The smallest absolute Gasteiger partial charge is 0.407 e. The molecule has 0 bridgehead atoms. The van der Waals surface area contributed by atoms with Crippen LogP contribution in [0.4, 0.5) is 13.6 Å². The molecule has 1 N–H and O–H groups in total. The second kappa shape index (κ2) is 10.8. The fraction of sp³-hybridized carbons (Fsp3) is 0.308. The van der Waals surface area contributed by atoms with Crippen LogP contribution in [0.1, 0.15) is 33.3 Å². The van der Waals surface area contributed by atoms with Crippen LogP contribution in [-0.2, 0) is 11.3 Å². The topological polar surface area (TPSA) is 109 Å². The van der Waals surface area contributed by atoms with E-state index in [0.717, 1.165) is 17.7 Å². The van der Waals surface area contributed by atoms with Gasteiger partial charge in [-0.25, -0.2) is 23.5 Å². The molecule has 4 aromatic rings. The minimum atomic E-state index is -0.894. The zero-order chi connectivity index (χ0) is 26.6. The van der Waals surface area contributed by atoms with E-state index in [0.29, 0.717) is 0 Å². The number of halogens is 2. The number of alkyl carbamates (subject to hydrolysis) is 1. The van der Waals surface area contributed by atoms with Gasteiger partial charge in [0.15, 0.2) is 17.4 Å². The Balaban J connectivity index is 1.42. The third-order valence-electron chi connectivity index (χ3n) is 4.83. The Morgan fingerprint density at radius 3 is 2.46 bits per heavy atom. The number of amides is 1. The highest BCUT2D eigenvalue weighted by molar-refractivity contribution is 5.72. The van der Waals surface area contributed by atoms with Crippen molar-refractivity contribution in [2.45, 2.75) is 45.9 Å². The highest BCUT2D eigenvalue weighted by atomic mass is 19.1. The van der Waals surface area contributed by atoms with Gasteiger partial charge in [-0.1, -0.05) is 30.3 Å². The molecule has 194 valence electrons. The van der Waals surface area contributed by atoms with Crippen LogP contribution in [0.3, 0.4) is 0 Å². The van der Waals surface area contributed by atoms with Gasteiger partial charge in [0.05, 0.1) is 12.2 Å². The zero-order valence-corrected chi connectivity index (χ0v) is 20.7. The molecule has 0 radical (unpaired) electrons. The maximum atomic E-state index is 14.7. The molecule has 0 saturated heterocycles. The first-order valence-electron chi connectivity index (χ1n) is 11.5. The van der Waals surface area contributed by atoms with Gasteiger partial charge < -0.3 is 23.9 Å². The first-order chi connectivity index (χ1) is 17.6. The standard InChI is InChI=1S/C26H26F2N4O5/c1-15(30-25(33)37-26(2,3)4)13-35-24-29-12-20-23(32-24)36-22(31-20)17-10-18(27)21(19(28)11-17)34-14-16-8-6-5-7-9-16/h5-12,15H,13-14H2,1-4H3,(H,30,33)/t15-/m0/s1. The molecule has 0 aliphatic carbocycles. The fourth-order valence-corrected chi connectivity index (χ4v) is 3.21. The van der Waals surface area contributed by atoms with Gasteiger partial charge in [0.1, 0.15) is 24.3 Å². The molecule has 2 aromatic carbocycles. The molecule has 11 heteroatoms. The van der Waals surface area contributed by atoms with Gasteiger partial charge in [-0.15, -0.1) is 0 Å². The lowest BCUT2D eigenvalue weighted by Gasteiger charge is -2.21. The zero-order valence-electron chi connectivity index (χ0n) is 20.7. The number of hydrogen-bond acceptors (Lipinski definition) is 8. The summed E-state index contributed by atoms with van der Waals surface area (Å²) in [6, 6.07) is 10.8. The SMILES string of the molecule is C[C@@H](COc1ncc2nc(-c3cc(F)c(OCc4ccccc4)c(F)c3)oc2n1)NC(=O)OC(C)(C)C. The van der Waals surface area contributed by atoms with Gasteiger partial charge in [-0.3, -0.25) is 0 Å². The number of carbonyl (C=O) groups excluding carboxylic acids is 1. The van der Waals surface area contributed by atoms with Gasteiger partial charge in [0.25, 0.3) is 5.71 Å². The quantitative estimate of drug-likeness (QED) is 0.333. The second-order valence-electron chi connectivity index (χ2n) is 9.26. The summed E-state index contributed by atoms with van der Waals surface area (Å²) >= 11 is 0. The molecular weight excluding hydrogens is 486 g/mol. The van der Waals surface area contributed by atoms with Crippen molar-refractivity contribution in [2.24, 2.45) is 0 Å². The van der Waals surface area contributed by atoms with Crippen LogP contribution in [-0.4, -0.2) is 39.3 Å². The number of carbonyl (C=O) groups is 1. The Hall–Kier alpha value is -4.28. The number of nitrogens with one attached hydrogen (secondary N) is 1. The molecule has 0 spiro atoms. The summed E-state index contributed by atoms with van der Waals surface area (Å²) in [7, 11) is 0. The van der Waals surface area contributed by atoms with Crippen molar-refractivity contribution >= 4 is 17.3 Å². The molecule has 0 unspecified atom stereocenters. The van der Waals surface area contributed by atoms with E-state index in [2.05, 4.69) is 20.3 Å². The monoisotopic (exact) mass is 512 g/mol. The second-order valence-corrected chi connectivity index (χ2v) is 9.26. The highest BCUT2D eigenvalue weighted by Crippen LogP contribution is 2.31. The lowest BCUT2D eigenvalue weighted by molar-refractivity contribution is 0.0492. The van der Waals surface area contributed by atoms with E-state index in [1.165, 1.54) is 6.20 Å². The summed E-state index contributed by atoms with van der Waals surface area (Å²) in [6.45, 7) is 7.09. The Bertz CT molecular complexity index is 1370. The molecule has 9 nitrogen and oxygen atoms in total. The first-order valence-corrected chi connectivity index (χ1v) is 11.5. The number of rotatable bonds is 8.